The smallest absolute Gasteiger partial charge is 0.0811 e. The van der Waals surface area contributed by atoms with E-state index in [1.54, 1.807) is 12.4 Å². The molecule has 2 rings (SSSR count). The van der Waals surface area contributed by atoms with Crippen LogP contribution in [0.5, 0.6) is 0 Å². The zero-order chi connectivity index (χ0) is 6.10. The molecule has 0 bridgehead atoms. The van der Waals surface area contributed by atoms with Crippen molar-refractivity contribution >= 4 is 0 Å². The Morgan fingerprint density at radius 3 is 3.44 bits per heavy atom. The summed E-state index contributed by atoms with van der Waals surface area (Å²) in [5.41, 5.74) is 2.03. The maximum Gasteiger partial charge on any atom is 0.0811 e. The normalized spacial score (nSPS) is 10.2. The standard InChI is InChI=1S/C7H5N2/c1-4-9-7-2-3-8-5-6(1)7/h1,3-5,8H. The molecule has 0 fully saturated rings. The predicted molar refractivity (Wildman–Crippen MR) is 34.0 cm³/mol. The summed E-state index contributed by atoms with van der Waals surface area (Å²) in [6.07, 6.45) is 5.42. The Morgan fingerprint density at radius 1 is 1.56 bits per heavy atom. The van der Waals surface area contributed by atoms with Crippen LogP contribution in [-0.2, 0) is 0 Å². The first-order valence-corrected chi connectivity index (χ1v) is 2.76. The van der Waals surface area contributed by atoms with Crippen molar-refractivity contribution in [3.63, 3.8) is 0 Å². The Hall–Kier alpha value is -1.31. The second-order valence-corrected chi connectivity index (χ2v) is 1.85. The second kappa shape index (κ2) is 1.58. The molecular formula is C7H5N2. The highest BCUT2D eigenvalue weighted by atomic mass is 14.7. The number of hydrogen-bond acceptors (Lipinski definition) is 1. The Bertz CT molecular complexity index is 247. The fourth-order valence-corrected chi connectivity index (χ4v) is 0.824. The van der Waals surface area contributed by atoms with Crippen LogP contribution in [0.1, 0.15) is 0 Å². The summed E-state index contributed by atoms with van der Waals surface area (Å²) in [5, 5.41) is 0. The quantitative estimate of drug-likeness (QED) is 0.553. The molecule has 0 atom stereocenters. The van der Waals surface area contributed by atoms with Gasteiger partial charge in [0.25, 0.3) is 0 Å². The molecule has 43 valence electrons. The average Bonchev–Trinajstić information content (AvgIpc) is 2.33. The van der Waals surface area contributed by atoms with Crippen molar-refractivity contribution in [1.82, 2.24) is 9.97 Å². The van der Waals surface area contributed by atoms with Crippen LogP contribution < -0.4 is 0 Å². The first-order valence-electron chi connectivity index (χ1n) is 2.76. The van der Waals surface area contributed by atoms with Crippen LogP contribution in [0.15, 0.2) is 24.7 Å². The highest BCUT2D eigenvalue weighted by Crippen LogP contribution is 2.15. The van der Waals surface area contributed by atoms with Crippen LogP contribution in [-0.4, -0.2) is 9.97 Å². The van der Waals surface area contributed by atoms with Crippen molar-refractivity contribution in [2.45, 2.75) is 0 Å². The monoisotopic (exact) mass is 117 g/mol. The number of nitrogens with one attached hydrogen (secondary N) is 1. The van der Waals surface area contributed by atoms with Gasteiger partial charge in [0.1, 0.15) is 0 Å². The van der Waals surface area contributed by atoms with E-state index in [9.17, 15) is 0 Å². The fourth-order valence-electron chi connectivity index (χ4n) is 0.824. The topological polar surface area (TPSA) is 28.7 Å². The number of rotatable bonds is 0. The van der Waals surface area contributed by atoms with Crippen molar-refractivity contribution in [1.29, 1.82) is 0 Å². The molecule has 1 N–H and O–H groups in total. The van der Waals surface area contributed by atoms with Gasteiger partial charge >= 0.3 is 0 Å². The van der Waals surface area contributed by atoms with Gasteiger partial charge < -0.3 is 4.98 Å². The molecule has 2 aliphatic heterocycles. The molecule has 0 spiro atoms. The number of aromatic amines is 1. The minimum absolute atomic E-state index is 0.925. The molecular weight excluding hydrogens is 112 g/mol. The predicted octanol–water partition coefficient (Wildman–Crippen LogP) is 1.31. The third-order valence-corrected chi connectivity index (χ3v) is 1.26. The van der Waals surface area contributed by atoms with Gasteiger partial charge in [-0.2, -0.15) is 0 Å². The van der Waals surface area contributed by atoms with Crippen molar-refractivity contribution in [3.8, 4) is 11.3 Å². The van der Waals surface area contributed by atoms with E-state index in [1.807, 2.05) is 12.3 Å². The van der Waals surface area contributed by atoms with E-state index in [0.717, 1.165) is 11.3 Å². The maximum atomic E-state index is 4.04. The van der Waals surface area contributed by atoms with Gasteiger partial charge in [0, 0.05) is 30.2 Å². The lowest BCUT2D eigenvalue weighted by atomic mass is 10.2. The van der Waals surface area contributed by atoms with Gasteiger partial charge in [0.05, 0.1) is 5.69 Å². The van der Waals surface area contributed by atoms with Crippen LogP contribution >= 0.6 is 0 Å². The van der Waals surface area contributed by atoms with E-state index in [0.29, 0.717) is 0 Å². The zero-order valence-electron chi connectivity index (χ0n) is 4.76. The summed E-state index contributed by atoms with van der Waals surface area (Å²) >= 11 is 0. The SMILES string of the molecule is [c]1c[nH]cc2ccnc1-2. The van der Waals surface area contributed by atoms with Crippen LogP contribution in [0.3, 0.4) is 0 Å². The number of H-pyrrole nitrogens is 1. The lowest BCUT2D eigenvalue weighted by Crippen LogP contribution is -1.76. The third kappa shape index (κ3) is 0.598. The third-order valence-electron chi connectivity index (χ3n) is 1.26. The molecule has 2 heterocycles. The van der Waals surface area contributed by atoms with Crippen molar-refractivity contribution in [3.05, 3.63) is 30.7 Å². The molecule has 0 aliphatic carbocycles. The molecule has 2 heteroatoms. The highest BCUT2D eigenvalue weighted by Gasteiger charge is 1.98. The molecule has 9 heavy (non-hydrogen) atoms. The van der Waals surface area contributed by atoms with Gasteiger partial charge in [-0.1, -0.05) is 0 Å². The molecule has 0 saturated carbocycles. The summed E-state index contributed by atoms with van der Waals surface area (Å²) in [4.78, 5) is 6.97. The molecule has 0 saturated heterocycles. The van der Waals surface area contributed by atoms with E-state index in [2.05, 4.69) is 16.0 Å². The van der Waals surface area contributed by atoms with Gasteiger partial charge in [0.15, 0.2) is 0 Å². The van der Waals surface area contributed by atoms with Crippen molar-refractivity contribution in [2.24, 2.45) is 0 Å². The van der Waals surface area contributed by atoms with Gasteiger partial charge in [-0.15, -0.1) is 0 Å². The minimum Gasteiger partial charge on any atom is -0.366 e. The molecule has 2 aliphatic rings. The second-order valence-electron chi connectivity index (χ2n) is 1.85. The van der Waals surface area contributed by atoms with E-state index in [-0.39, 0.29) is 0 Å². The number of aromatic nitrogens is 2. The van der Waals surface area contributed by atoms with Crippen LogP contribution in [0.4, 0.5) is 0 Å². The van der Waals surface area contributed by atoms with Gasteiger partial charge in [-0.3, -0.25) is 4.98 Å². The Labute approximate surface area is 52.9 Å². The van der Waals surface area contributed by atoms with Crippen LogP contribution in [0.2, 0.25) is 0 Å². The molecule has 0 aromatic heterocycles. The summed E-state index contributed by atoms with van der Waals surface area (Å²) < 4.78 is 0. The Morgan fingerprint density at radius 2 is 2.56 bits per heavy atom. The van der Waals surface area contributed by atoms with Crippen molar-refractivity contribution < 1.29 is 0 Å². The minimum atomic E-state index is 0.925. The molecule has 0 aromatic carbocycles. The molecule has 0 amide bonds. The summed E-state index contributed by atoms with van der Waals surface area (Å²) in [6, 6.07) is 4.91. The van der Waals surface area contributed by atoms with Crippen LogP contribution in [0, 0.1) is 6.07 Å². The lowest BCUT2D eigenvalue weighted by molar-refractivity contribution is 1.29. The lowest BCUT2D eigenvalue weighted by Gasteiger charge is -1.90. The molecule has 0 aromatic rings. The van der Waals surface area contributed by atoms with Gasteiger partial charge in [0.2, 0.25) is 0 Å². The Kier molecular flexibility index (Phi) is 0.803. The molecule has 0 unspecified atom stereocenters. The highest BCUT2D eigenvalue weighted by molar-refractivity contribution is 5.58. The van der Waals surface area contributed by atoms with Gasteiger partial charge in [-0.05, 0) is 6.07 Å². The largest absolute Gasteiger partial charge is 0.366 e. The van der Waals surface area contributed by atoms with Crippen molar-refractivity contribution in [2.75, 3.05) is 0 Å². The first-order chi connectivity index (χ1) is 4.47. The number of nitrogens with zero attached hydrogens (tertiary/aromatic N) is 1. The van der Waals surface area contributed by atoms with E-state index < -0.39 is 0 Å². The molecule has 1 radical (unpaired) electrons. The number of hydrogen-bond donors (Lipinski definition) is 1. The van der Waals surface area contributed by atoms with Crippen LogP contribution in [0.25, 0.3) is 11.3 Å². The van der Waals surface area contributed by atoms with E-state index in [1.165, 1.54) is 0 Å². The van der Waals surface area contributed by atoms with E-state index >= 15 is 0 Å². The van der Waals surface area contributed by atoms with E-state index in [4.69, 9.17) is 0 Å². The summed E-state index contributed by atoms with van der Waals surface area (Å²) in [7, 11) is 0. The van der Waals surface area contributed by atoms with Gasteiger partial charge in [-0.25, -0.2) is 0 Å². The zero-order valence-corrected chi connectivity index (χ0v) is 4.76. The first kappa shape index (κ1) is 4.56. The maximum absolute atomic E-state index is 4.04. The Balaban J connectivity index is 2.79. The average molecular weight is 117 g/mol. The fraction of sp³-hybridized carbons (Fsp3) is 0. The summed E-state index contributed by atoms with van der Waals surface area (Å²) in [6.45, 7) is 0. The molecule has 2 nitrogen and oxygen atoms in total. The number of pyridine rings is 1. The number of fused-ring (bicyclic) bond motifs is 1. The summed E-state index contributed by atoms with van der Waals surface area (Å²) in [5.74, 6) is 0.